The van der Waals surface area contributed by atoms with Crippen molar-refractivity contribution < 1.29 is 28.2 Å². The Bertz CT molecular complexity index is 640. The fourth-order valence-electron chi connectivity index (χ4n) is 2.75. The minimum Gasteiger partial charge on any atom is -0.441 e. The molecule has 2 saturated heterocycles. The van der Waals surface area contributed by atoms with Crippen LogP contribution in [0.1, 0.15) is 6.42 Å². The number of cyclic esters (lactones) is 1. The fraction of sp³-hybridized carbons (Fsp3) is 0.467. The Morgan fingerprint density at radius 1 is 1.30 bits per heavy atom. The standard InChI is InChI=1S/C15H16F2N2O4/c16-11-5-9(19-6-10(8-20)23-15(19)22)1-2-13(11)18-4-3-14(21)12(17)7-18/h1-2,5,10,12,20H,3-4,6-8H2/t10?,12-/m1/s1. The van der Waals surface area contributed by atoms with Crippen molar-refractivity contribution in [3.63, 3.8) is 0 Å². The summed E-state index contributed by atoms with van der Waals surface area (Å²) in [5.41, 5.74) is 0.493. The molecule has 1 N–H and O–H groups in total. The lowest BCUT2D eigenvalue weighted by Crippen LogP contribution is -2.42. The molecule has 2 aliphatic rings. The lowest BCUT2D eigenvalue weighted by atomic mass is 10.1. The van der Waals surface area contributed by atoms with Gasteiger partial charge in [-0.1, -0.05) is 0 Å². The monoisotopic (exact) mass is 326 g/mol. The molecule has 0 radical (unpaired) electrons. The molecule has 2 fully saturated rings. The Hall–Kier alpha value is -2.22. The zero-order valence-corrected chi connectivity index (χ0v) is 12.2. The van der Waals surface area contributed by atoms with E-state index in [2.05, 4.69) is 0 Å². The minimum atomic E-state index is -1.61. The molecular formula is C15H16F2N2O4. The third-order valence-corrected chi connectivity index (χ3v) is 4.02. The smallest absolute Gasteiger partial charge is 0.414 e. The molecule has 0 spiro atoms. The highest BCUT2D eigenvalue weighted by atomic mass is 19.1. The third-order valence-electron chi connectivity index (χ3n) is 4.02. The van der Waals surface area contributed by atoms with Crippen LogP contribution in [0.15, 0.2) is 18.2 Å². The lowest BCUT2D eigenvalue weighted by Gasteiger charge is -2.30. The lowest BCUT2D eigenvalue weighted by molar-refractivity contribution is -0.124. The molecule has 0 aromatic heterocycles. The summed E-state index contributed by atoms with van der Waals surface area (Å²) in [4.78, 5) is 25.6. The van der Waals surface area contributed by atoms with Crippen molar-refractivity contribution in [2.75, 3.05) is 36.0 Å². The van der Waals surface area contributed by atoms with Crippen LogP contribution < -0.4 is 9.80 Å². The SMILES string of the molecule is O=C1CCN(c2ccc(N3CC(CO)OC3=O)cc2F)C[C@H]1F. The number of aliphatic hydroxyl groups excluding tert-OH is 1. The number of Topliss-reactive ketones (excluding diaryl/α,β-unsaturated/α-hetero) is 1. The summed E-state index contributed by atoms with van der Waals surface area (Å²) >= 11 is 0. The zero-order chi connectivity index (χ0) is 16.6. The molecule has 2 atom stereocenters. The first kappa shape index (κ1) is 15.7. The molecule has 0 saturated carbocycles. The van der Waals surface area contributed by atoms with Crippen LogP contribution in [0.25, 0.3) is 0 Å². The highest BCUT2D eigenvalue weighted by Crippen LogP contribution is 2.29. The number of piperidine rings is 1. The summed E-state index contributed by atoms with van der Waals surface area (Å²) in [6.45, 7) is -0.0807. The van der Waals surface area contributed by atoms with Gasteiger partial charge >= 0.3 is 6.09 Å². The third kappa shape index (κ3) is 2.98. The van der Waals surface area contributed by atoms with Gasteiger partial charge in [0.25, 0.3) is 0 Å². The number of benzene rings is 1. The molecule has 1 aromatic rings. The topological polar surface area (TPSA) is 70.1 Å². The van der Waals surface area contributed by atoms with Crippen LogP contribution in [-0.4, -0.2) is 55.5 Å². The molecule has 0 bridgehead atoms. The molecule has 6 nitrogen and oxygen atoms in total. The predicted molar refractivity (Wildman–Crippen MR) is 77.8 cm³/mol. The average molecular weight is 326 g/mol. The van der Waals surface area contributed by atoms with Crippen molar-refractivity contribution in [2.24, 2.45) is 0 Å². The van der Waals surface area contributed by atoms with Gasteiger partial charge in [-0.05, 0) is 18.2 Å². The second kappa shape index (κ2) is 6.11. The first-order valence-electron chi connectivity index (χ1n) is 7.30. The maximum Gasteiger partial charge on any atom is 0.414 e. The van der Waals surface area contributed by atoms with Gasteiger partial charge in [-0.3, -0.25) is 9.69 Å². The maximum atomic E-state index is 14.3. The summed E-state index contributed by atoms with van der Waals surface area (Å²) in [6, 6.07) is 4.15. The van der Waals surface area contributed by atoms with Gasteiger partial charge in [0, 0.05) is 13.0 Å². The Kier molecular flexibility index (Phi) is 4.16. The highest BCUT2D eigenvalue weighted by Gasteiger charge is 2.33. The van der Waals surface area contributed by atoms with E-state index in [-0.39, 0.29) is 38.3 Å². The summed E-state index contributed by atoms with van der Waals surface area (Å²) in [7, 11) is 0. The van der Waals surface area contributed by atoms with Crippen molar-refractivity contribution in [2.45, 2.75) is 18.7 Å². The van der Waals surface area contributed by atoms with E-state index in [0.29, 0.717) is 5.69 Å². The summed E-state index contributed by atoms with van der Waals surface area (Å²) in [5.74, 6) is -1.07. The van der Waals surface area contributed by atoms with Crippen LogP contribution in [-0.2, 0) is 9.53 Å². The minimum absolute atomic E-state index is 0.0407. The number of amides is 1. The van der Waals surface area contributed by atoms with E-state index < -0.39 is 30.0 Å². The number of rotatable bonds is 3. The van der Waals surface area contributed by atoms with Gasteiger partial charge in [-0.2, -0.15) is 0 Å². The van der Waals surface area contributed by atoms with Gasteiger partial charge in [-0.25, -0.2) is 13.6 Å². The molecule has 1 aromatic carbocycles. The summed E-state index contributed by atoms with van der Waals surface area (Å²) < 4.78 is 32.7. The Morgan fingerprint density at radius 3 is 2.70 bits per heavy atom. The van der Waals surface area contributed by atoms with E-state index in [1.165, 1.54) is 28.0 Å². The summed E-state index contributed by atoms with van der Waals surface area (Å²) in [5, 5.41) is 9.02. The number of nitrogens with zero attached hydrogens (tertiary/aromatic N) is 2. The van der Waals surface area contributed by atoms with Gasteiger partial charge in [0.15, 0.2) is 12.0 Å². The predicted octanol–water partition coefficient (Wildman–Crippen LogP) is 1.26. The van der Waals surface area contributed by atoms with Crippen LogP contribution in [0.2, 0.25) is 0 Å². The number of alkyl halides is 1. The highest BCUT2D eigenvalue weighted by molar-refractivity contribution is 5.90. The molecule has 3 rings (SSSR count). The number of aliphatic hydroxyl groups is 1. The maximum absolute atomic E-state index is 14.3. The number of anilines is 2. The van der Waals surface area contributed by atoms with Gasteiger partial charge in [-0.15, -0.1) is 0 Å². The van der Waals surface area contributed by atoms with E-state index >= 15 is 0 Å². The van der Waals surface area contributed by atoms with Crippen LogP contribution >= 0.6 is 0 Å². The number of carbonyl (C=O) groups is 2. The number of hydrogen-bond acceptors (Lipinski definition) is 5. The Morgan fingerprint density at radius 2 is 2.09 bits per heavy atom. The van der Waals surface area contributed by atoms with E-state index in [1.54, 1.807) is 0 Å². The molecule has 23 heavy (non-hydrogen) atoms. The molecule has 2 heterocycles. The van der Waals surface area contributed by atoms with Crippen molar-refractivity contribution >= 4 is 23.3 Å². The zero-order valence-electron chi connectivity index (χ0n) is 12.2. The first-order chi connectivity index (χ1) is 11.0. The quantitative estimate of drug-likeness (QED) is 0.906. The van der Waals surface area contributed by atoms with Crippen LogP contribution in [0.3, 0.4) is 0 Å². The van der Waals surface area contributed by atoms with Gasteiger partial charge < -0.3 is 14.7 Å². The molecule has 0 aliphatic carbocycles. The van der Waals surface area contributed by atoms with Crippen LogP contribution in [0.5, 0.6) is 0 Å². The fourth-order valence-corrected chi connectivity index (χ4v) is 2.75. The molecule has 8 heteroatoms. The largest absolute Gasteiger partial charge is 0.441 e. The van der Waals surface area contributed by atoms with Crippen molar-refractivity contribution in [1.29, 1.82) is 0 Å². The summed E-state index contributed by atoms with van der Waals surface area (Å²) in [6.07, 6.45) is -2.85. The van der Waals surface area contributed by atoms with Crippen molar-refractivity contribution in [3.05, 3.63) is 24.0 Å². The second-order valence-electron chi connectivity index (χ2n) is 5.56. The number of ether oxygens (including phenoxy) is 1. The normalized spacial score (nSPS) is 25.0. The number of carbonyl (C=O) groups excluding carboxylic acids is 2. The van der Waals surface area contributed by atoms with Crippen molar-refractivity contribution in [1.82, 2.24) is 0 Å². The Balaban J connectivity index is 1.79. The first-order valence-corrected chi connectivity index (χ1v) is 7.30. The van der Waals surface area contributed by atoms with E-state index in [0.717, 1.165) is 0 Å². The molecular weight excluding hydrogens is 310 g/mol. The number of halogens is 2. The van der Waals surface area contributed by atoms with Crippen LogP contribution in [0, 0.1) is 5.82 Å². The molecule has 2 aliphatic heterocycles. The van der Waals surface area contributed by atoms with Gasteiger partial charge in [0.05, 0.1) is 31.1 Å². The van der Waals surface area contributed by atoms with Gasteiger partial charge in [0.2, 0.25) is 0 Å². The van der Waals surface area contributed by atoms with Crippen molar-refractivity contribution in [3.8, 4) is 0 Å². The number of hydrogen-bond donors (Lipinski definition) is 1. The van der Waals surface area contributed by atoms with Gasteiger partial charge in [0.1, 0.15) is 11.9 Å². The van der Waals surface area contributed by atoms with Crippen LogP contribution in [0.4, 0.5) is 25.0 Å². The van der Waals surface area contributed by atoms with E-state index in [1.807, 2.05) is 0 Å². The van der Waals surface area contributed by atoms with E-state index in [4.69, 9.17) is 9.84 Å². The molecule has 124 valence electrons. The van der Waals surface area contributed by atoms with E-state index in [9.17, 15) is 18.4 Å². The molecule has 1 unspecified atom stereocenters. The Labute approximate surface area is 131 Å². The average Bonchev–Trinajstić information content (AvgIpc) is 2.91. The second-order valence-corrected chi connectivity index (χ2v) is 5.56. The molecule has 1 amide bonds. The number of ketones is 1.